The number of hydrogen-bond donors (Lipinski definition) is 1. The maximum absolute atomic E-state index is 14.3. The highest BCUT2D eigenvalue weighted by Crippen LogP contribution is 2.48. The number of amides is 1. The second-order valence-corrected chi connectivity index (χ2v) is 15.9. The van der Waals surface area contributed by atoms with Gasteiger partial charge in [-0.2, -0.15) is 12.7 Å². The second-order valence-electron chi connectivity index (χ2n) is 14.2. The van der Waals surface area contributed by atoms with E-state index in [-0.39, 0.29) is 18.4 Å². The summed E-state index contributed by atoms with van der Waals surface area (Å²) < 4.78 is 38.0. The number of carbonyl (C=O) groups is 2. The van der Waals surface area contributed by atoms with Gasteiger partial charge in [0, 0.05) is 49.2 Å². The number of hydrogen-bond acceptors (Lipinski definition) is 6. The molecule has 260 valence electrons. The van der Waals surface area contributed by atoms with Crippen molar-refractivity contribution in [1.29, 1.82) is 0 Å². The van der Waals surface area contributed by atoms with Crippen LogP contribution in [0.1, 0.15) is 100 Å². The lowest BCUT2D eigenvalue weighted by Gasteiger charge is -2.24. The lowest BCUT2D eigenvalue weighted by atomic mass is 9.81. The minimum absolute atomic E-state index is 0.0988. The van der Waals surface area contributed by atoms with E-state index in [4.69, 9.17) is 14.6 Å². The molecule has 3 aromatic rings. The number of nitrogens with two attached hydrogens (primary N) is 1. The Kier molecular flexibility index (Phi) is 10.4. The monoisotopic (exact) mass is 678 g/mol. The van der Waals surface area contributed by atoms with E-state index in [1.54, 1.807) is 19.1 Å². The summed E-state index contributed by atoms with van der Waals surface area (Å²) in [5.74, 6) is 0.589. The topological polar surface area (TPSA) is 124 Å². The highest BCUT2D eigenvalue weighted by atomic mass is 32.2. The first-order chi connectivity index (χ1) is 22.6. The van der Waals surface area contributed by atoms with Gasteiger partial charge >= 0.3 is 5.97 Å². The standard InChI is InChI=1S/C37H50N4O6S/c1-24-30-22-27(46-7)16-18-28(30)34-33(25-13-9-8-10-14-25)29-17-15-26(36(43)47-37(2,3)4)21-32(29)41(34)23-31(24)35(42)39(5)19-11-12-20-40(6)48(38,44)45/h15-18,21-22,25H,8-14,19-20,23H2,1-7H3,(H2,38,44,45). The number of esters is 1. The van der Waals surface area contributed by atoms with Crippen molar-refractivity contribution in [3.8, 4) is 17.0 Å². The Bertz CT molecular complexity index is 1850. The van der Waals surface area contributed by atoms with Gasteiger partial charge in [-0.25, -0.2) is 9.93 Å². The Morgan fingerprint density at radius 1 is 0.979 bits per heavy atom. The predicted molar refractivity (Wildman–Crippen MR) is 190 cm³/mol. The fourth-order valence-electron chi connectivity index (χ4n) is 7.08. The van der Waals surface area contributed by atoms with Crippen molar-refractivity contribution >= 4 is 38.6 Å². The molecule has 2 heterocycles. The van der Waals surface area contributed by atoms with Gasteiger partial charge in [0.1, 0.15) is 11.4 Å². The number of benzene rings is 2. The first-order valence-electron chi connectivity index (χ1n) is 16.9. The first-order valence-corrected chi connectivity index (χ1v) is 18.4. The minimum atomic E-state index is -3.75. The summed E-state index contributed by atoms with van der Waals surface area (Å²) in [7, 11) is 1.13. The first kappa shape index (κ1) is 35.6. The summed E-state index contributed by atoms with van der Waals surface area (Å²) in [5, 5.41) is 6.33. The fourth-order valence-corrected chi connectivity index (χ4v) is 7.46. The van der Waals surface area contributed by atoms with E-state index < -0.39 is 15.8 Å². The van der Waals surface area contributed by atoms with Crippen LogP contribution in [0.2, 0.25) is 0 Å². The zero-order chi connectivity index (χ0) is 35.0. The molecule has 0 atom stereocenters. The Morgan fingerprint density at radius 2 is 1.67 bits per heavy atom. The number of ether oxygens (including phenoxy) is 2. The average Bonchev–Trinajstić information content (AvgIpc) is 3.30. The molecule has 1 amide bonds. The molecule has 1 aliphatic heterocycles. The van der Waals surface area contributed by atoms with Crippen LogP contribution in [0.4, 0.5) is 0 Å². The zero-order valence-electron chi connectivity index (χ0n) is 29.4. The molecular weight excluding hydrogens is 628 g/mol. The smallest absolute Gasteiger partial charge is 0.338 e. The van der Waals surface area contributed by atoms with Crippen molar-refractivity contribution < 1.29 is 27.5 Å². The van der Waals surface area contributed by atoms with Gasteiger partial charge in [0.15, 0.2) is 0 Å². The molecular formula is C37H50N4O6S. The van der Waals surface area contributed by atoms with E-state index in [0.717, 1.165) is 50.4 Å². The highest BCUT2D eigenvalue weighted by molar-refractivity contribution is 7.86. The number of fused-ring (bicyclic) bond motifs is 5. The van der Waals surface area contributed by atoms with E-state index >= 15 is 0 Å². The fraction of sp³-hybridized carbons (Fsp3) is 0.514. The maximum Gasteiger partial charge on any atom is 0.338 e. The Balaban J connectivity index is 1.63. The van der Waals surface area contributed by atoms with Crippen LogP contribution in [-0.4, -0.2) is 74.0 Å². The third-order valence-electron chi connectivity index (χ3n) is 9.66. The number of nitrogens with zero attached hydrogens (tertiary/aromatic N) is 3. The number of carbonyl (C=O) groups excluding carboxylic acids is 2. The Morgan fingerprint density at radius 3 is 2.31 bits per heavy atom. The molecule has 2 aromatic carbocycles. The molecule has 1 aliphatic carbocycles. The van der Waals surface area contributed by atoms with E-state index in [0.29, 0.717) is 48.7 Å². The van der Waals surface area contributed by atoms with Crippen molar-refractivity contribution in [2.75, 3.05) is 34.3 Å². The molecule has 11 heteroatoms. The quantitative estimate of drug-likeness (QED) is 0.193. The molecule has 0 unspecified atom stereocenters. The molecule has 5 rings (SSSR count). The van der Waals surface area contributed by atoms with Gasteiger partial charge in [-0.05, 0) is 106 Å². The van der Waals surface area contributed by atoms with Crippen LogP contribution >= 0.6 is 0 Å². The Hall–Kier alpha value is -3.67. The predicted octanol–water partition coefficient (Wildman–Crippen LogP) is 6.48. The van der Waals surface area contributed by atoms with Crippen molar-refractivity contribution in [2.45, 2.75) is 90.7 Å². The number of allylic oxidation sites excluding steroid dienone is 1. The van der Waals surface area contributed by atoms with Crippen LogP contribution in [0, 0.1) is 0 Å². The van der Waals surface area contributed by atoms with E-state index in [1.807, 2.05) is 52.0 Å². The molecule has 1 fully saturated rings. The molecule has 10 nitrogen and oxygen atoms in total. The third kappa shape index (κ3) is 7.48. The lowest BCUT2D eigenvalue weighted by molar-refractivity contribution is -0.126. The molecule has 48 heavy (non-hydrogen) atoms. The van der Waals surface area contributed by atoms with E-state index in [2.05, 4.69) is 16.7 Å². The largest absolute Gasteiger partial charge is 0.497 e. The number of aromatic nitrogens is 1. The van der Waals surface area contributed by atoms with Crippen molar-refractivity contribution in [2.24, 2.45) is 5.14 Å². The molecule has 0 saturated heterocycles. The van der Waals surface area contributed by atoms with Gasteiger partial charge in [-0.3, -0.25) is 4.79 Å². The summed E-state index contributed by atoms with van der Waals surface area (Å²) >= 11 is 0. The van der Waals surface area contributed by atoms with Crippen LogP contribution in [0.3, 0.4) is 0 Å². The van der Waals surface area contributed by atoms with E-state index in [9.17, 15) is 18.0 Å². The van der Waals surface area contributed by atoms with Crippen LogP contribution < -0.4 is 9.88 Å². The number of likely N-dealkylation sites (N-methyl/N-ethyl adjacent to an activating group) is 1. The van der Waals surface area contributed by atoms with Gasteiger partial charge < -0.3 is 18.9 Å². The van der Waals surface area contributed by atoms with Crippen LogP contribution in [0.25, 0.3) is 27.7 Å². The molecule has 1 saturated carbocycles. The van der Waals surface area contributed by atoms with E-state index in [1.165, 1.54) is 31.9 Å². The maximum atomic E-state index is 14.3. The molecule has 0 bridgehead atoms. The van der Waals surface area contributed by atoms with Crippen LogP contribution in [0.5, 0.6) is 5.75 Å². The van der Waals surface area contributed by atoms with Crippen molar-refractivity contribution in [1.82, 2.24) is 13.8 Å². The summed E-state index contributed by atoms with van der Waals surface area (Å²) in [6, 6.07) is 11.9. The van der Waals surface area contributed by atoms with Crippen molar-refractivity contribution in [3.05, 3.63) is 58.7 Å². The van der Waals surface area contributed by atoms with Gasteiger partial charge in [0.25, 0.3) is 16.1 Å². The molecule has 0 spiro atoms. The highest BCUT2D eigenvalue weighted by Gasteiger charge is 2.33. The van der Waals surface area contributed by atoms with Gasteiger partial charge in [0.05, 0.1) is 24.9 Å². The summed E-state index contributed by atoms with van der Waals surface area (Å²) in [4.78, 5) is 29.3. The molecule has 2 N–H and O–H groups in total. The molecule has 1 aromatic heterocycles. The number of rotatable bonds is 10. The third-order valence-corrected chi connectivity index (χ3v) is 10.7. The average molecular weight is 679 g/mol. The van der Waals surface area contributed by atoms with Crippen LogP contribution in [-0.2, 0) is 26.3 Å². The summed E-state index contributed by atoms with van der Waals surface area (Å²) in [6.07, 6.45) is 6.92. The van der Waals surface area contributed by atoms with Gasteiger partial charge in [-0.15, -0.1) is 0 Å². The minimum Gasteiger partial charge on any atom is -0.497 e. The van der Waals surface area contributed by atoms with Gasteiger partial charge in [0.2, 0.25) is 0 Å². The molecule has 0 radical (unpaired) electrons. The zero-order valence-corrected chi connectivity index (χ0v) is 30.2. The number of unbranched alkanes of at least 4 members (excludes halogenated alkanes) is 1. The summed E-state index contributed by atoms with van der Waals surface area (Å²) in [6.45, 7) is 8.64. The molecule has 2 aliphatic rings. The normalized spacial score (nSPS) is 15.7. The van der Waals surface area contributed by atoms with Gasteiger partial charge in [-0.1, -0.05) is 25.3 Å². The SMILES string of the molecule is COc1ccc2c(c1)C(C)=C(C(=O)N(C)CCCCN(C)S(N)(=O)=O)Cn1c-2c(C2CCCCC2)c2ccc(C(=O)OC(C)(C)C)cc21. The second kappa shape index (κ2) is 14.1. The van der Waals surface area contributed by atoms with Crippen molar-refractivity contribution in [3.63, 3.8) is 0 Å². The number of methoxy groups -OCH3 is 1. The Labute approximate surface area is 285 Å². The lowest BCUT2D eigenvalue weighted by Crippen LogP contribution is -2.35. The summed E-state index contributed by atoms with van der Waals surface area (Å²) in [5.41, 5.74) is 6.64. The van der Waals surface area contributed by atoms with Crippen LogP contribution in [0.15, 0.2) is 42.0 Å².